The Balaban J connectivity index is 1.32. The summed E-state index contributed by atoms with van der Waals surface area (Å²) in [6.45, 7) is 10.8. The van der Waals surface area contributed by atoms with Gasteiger partial charge in [-0.3, -0.25) is 10.00 Å². The molecule has 1 saturated heterocycles. The van der Waals surface area contributed by atoms with Crippen LogP contribution in [0.5, 0.6) is 28.7 Å². The summed E-state index contributed by atoms with van der Waals surface area (Å²) in [4.78, 5) is 4.97. The number of aromatic nitrogens is 2. The molecule has 3 aromatic rings. The lowest BCUT2D eigenvalue weighted by Crippen LogP contribution is -2.46. The van der Waals surface area contributed by atoms with Gasteiger partial charge in [-0.1, -0.05) is 13.0 Å². The molecule has 0 bridgehead atoms. The zero-order valence-corrected chi connectivity index (χ0v) is 25.7. The van der Waals surface area contributed by atoms with E-state index in [0.29, 0.717) is 11.5 Å². The molecular weight excluding hydrogens is 534 g/mol. The molecule has 228 valence electrons. The van der Waals surface area contributed by atoms with Crippen molar-refractivity contribution in [2.75, 3.05) is 67.7 Å². The van der Waals surface area contributed by atoms with Crippen molar-refractivity contribution >= 4 is 5.70 Å². The van der Waals surface area contributed by atoms with Crippen LogP contribution in [0.25, 0.3) is 17.0 Å². The monoisotopic (exact) mass is 579 g/mol. The second-order valence-corrected chi connectivity index (χ2v) is 10.5. The first-order valence-electron chi connectivity index (χ1n) is 14.5. The molecule has 0 atom stereocenters. The fourth-order valence-corrected chi connectivity index (χ4v) is 5.23. The summed E-state index contributed by atoms with van der Waals surface area (Å²) in [7, 11) is 6.43. The third-order valence-electron chi connectivity index (χ3n) is 7.69. The Kier molecular flexibility index (Phi) is 11.0. The molecule has 0 unspecified atom stereocenters. The van der Waals surface area contributed by atoms with Crippen LogP contribution in [0.4, 0.5) is 0 Å². The lowest BCUT2D eigenvalue weighted by Gasteiger charge is -2.34. The molecule has 0 aliphatic carbocycles. The van der Waals surface area contributed by atoms with E-state index in [1.807, 2.05) is 31.2 Å². The fraction of sp³-hybridized carbons (Fsp3) is 0.469. The number of phenols is 1. The number of H-pyrrole nitrogens is 1. The quantitative estimate of drug-likeness (QED) is 0.251. The summed E-state index contributed by atoms with van der Waals surface area (Å²) < 4.78 is 21.8. The number of nitrogens with zero attached hydrogens (tertiary/aromatic N) is 3. The maximum absolute atomic E-state index is 10.3. The minimum atomic E-state index is 0.0124. The van der Waals surface area contributed by atoms with E-state index in [1.165, 1.54) is 0 Å². The van der Waals surface area contributed by atoms with Crippen LogP contribution in [0.15, 0.2) is 36.4 Å². The van der Waals surface area contributed by atoms with E-state index < -0.39 is 0 Å². The second kappa shape index (κ2) is 14.8. The number of aromatic hydroxyl groups is 1. The number of methoxy groups -OCH3 is 4. The Morgan fingerprint density at radius 1 is 0.905 bits per heavy atom. The molecule has 0 radical (unpaired) electrons. The number of hydrogen-bond donors (Lipinski definition) is 3. The highest BCUT2D eigenvalue weighted by Crippen LogP contribution is 2.38. The molecule has 0 amide bonds. The van der Waals surface area contributed by atoms with Crippen LogP contribution >= 0.6 is 0 Å². The van der Waals surface area contributed by atoms with Gasteiger partial charge in [0.15, 0.2) is 11.5 Å². The maximum atomic E-state index is 10.3. The van der Waals surface area contributed by atoms with E-state index in [4.69, 9.17) is 18.9 Å². The molecule has 1 aliphatic rings. The molecular formula is C32H45N5O5. The Morgan fingerprint density at radius 3 is 2.07 bits per heavy atom. The highest BCUT2D eigenvalue weighted by molar-refractivity contribution is 5.70. The van der Waals surface area contributed by atoms with E-state index in [1.54, 1.807) is 28.4 Å². The van der Waals surface area contributed by atoms with Crippen molar-refractivity contribution < 1.29 is 24.1 Å². The smallest absolute Gasteiger partial charge is 0.200 e. The molecule has 42 heavy (non-hydrogen) atoms. The molecule has 4 rings (SSSR count). The number of aromatic amines is 1. The summed E-state index contributed by atoms with van der Waals surface area (Å²) in [5, 5.41) is 21.6. The minimum Gasteiger partial charge on any atom is -0.502 e. The fourth-order valence-electron chi connectivity index (χ4n) is 5.23. The van der Waals surface area contributed by atoms with Crippen molar-refractivity contribution in [3.63, 3.8) is 0 Å². The van der Waals surface area contributed by atoms with Gasteiger partial charge >= 0.3 is 0 Å². The third kappa shape index (κ3) is 7.49. The van der Waals surface area contributed by atoms with Crippen molar-refractivity contribution in [1.82, 2.24) is 25.3 Å². The van der Waals surface area contributed by atoms with Gasteiger partial charge in [0.05, 0.1) is 34.1 Å². The first-order chi connectivity index (χ1) is 20.4. The SMILES string of the molecule is CCCN/C(=C\CCN1CCN(Cc2cc(-c3cc(OC)c(C)c(OC)c3)n[nH]2)CC1)c1cc(OC)c(O)c(OC)c1. The van der Waals surface area contributed by atoms with Gasteiger partial charge in [0, 0.05) is 73.9 Å². The predicted molar refractivity (Wildman–Crippen MR) is 166 cm³/mol. The Labute approximate surface area is 249 Å². The highest BCUT2D eigenvalue weighted by Gasteiger charge is 2.19. The maximum Gasteiger partial charge on any atom is 0.200 e. The van der Waals surface area contributed by atoms with Crippen LogP contribution in [0, 0.1) is 6.92 Å². The van der Waals surface area contributed by atoms with Gasteiger partial charge in [0.2, 0.25) is 5.75 Å². The second-order valence-electron chi connectivity index (χ2n) is 10.5. The van der Waals surface area contributed by atoms with Gasteiger partial charge < -0.3 is 34.3 Å². The van der Waals surface area contributed by atoms with Gasteiger partial charge in [-0.15, -0.1) is 0 Å². The zero-order valence-electron chi connectivity index (χ0n) is 25.7. The molecule has 0 spiro atoms. The standard InChI is InChI=1S/C32H45N5O5/c1-7-10-33-26(23-18-30(41-5)32(38)31(19-23)42-6)9-8-11-36-12-14-37(15-13-36)21-25-20-27(35-34-25)24-16-28(39-3)22(2)29(17-24)40-4/h9,16-20,33,38H,7-8,10-15,21H2,1-6H3,(H,34,35)/b26-9-. The van der Waals surface area contributed by atoms with Crippen LogP contribution < -0.4 is 24.3 Å². The van der Waals surface area contributed by atoms with Crippen LogP contribution in [-0.2, 0) is 6.54 Å². The van der Waals surface area contributed by atoms with E-state index in [0.717, 1.165) is 104 Å². The normalized spacial score (nSPS) is 14.6. The highest BCUT2D eigenvalue weighted by atomic mass is 16.5. The molecule has 3 N–H and O–H groups in total. The average Bonchev–Trinajstić information content (AvgIpc) is 3.48. The molecule has 2 aromatic carbocycles. The number of phenolic OH excluding ortho intramolecular Hbond substituents is 1. The van der Waals surface area contributed by atoms with Crippen molar-refractivity contribution in [1.29, 1.82) is 0 Å². The summed E-state index contributed by atoms with van der Waals surface area (Å²) in [5.74, 6) is 2.38. The van der Waals surface area contributed by atoms with Crippen molar-refractivity contribution in [2.45, 2.75) is 33.2 Å². The Morgan fingerprint density at radius 2 is 1.50 bits per heavy atom. The number of rotatable bonds is 14. The molecule has 1 aromatic heterocycles. The van der Waals surface area contributed by atoms with E-state index >= 15 is 0 Å². The number of piperazine rings is 1. The predicted octanol–water partition coefficient (Wildman–Crippen LogP) is 4.67. The van der Waals surface area contributed by atoms with E-state index in [9.17, 15) is 5.11 Å². The van der Waals surface area contributed by atoms with E-state index in [2.05, 4.69) is 44.4 Å². The van der Waals surface area contributed by atoms with Gasteiger partial charge in [-0.2, -0.15) is 5.10 Å². The number of ether oxygens (including phenoxy) is 4. The van der Waals surface area contributed by atoms with Crippen LogP contribution in [0.2, 0.25) is 0 Å². The number of benzene rings is 2. The first-order valence-corrected chi connectivity index (χ1v) is 14.5. The molecule has 10 nitrogen and oxygen atoms in total. The van der Waals surface area contributed by atoms with Crippen molar-refractivity contribution in [3.05, 3.63) is 53.2 Å². The summed E-state index contributed by atoms with van der Waals surface area (Å²) in [5.41, 5.74) is 5.86. The third-order valence-corrected chi connectivity index (χ3v) is 7.69. The zero-order chi connectivity index (χ0) is 30.1. The molecule has 1 fully saturated rings. The van der Waals surface area contributed by atoms with Gasteiger partial charge in [0.1, 0.15) is 11.5 Å². The molecule has 1 aliphatic heterocycles. The van der Waals surface area contributed by atoms with Gasteiger partial charge in [0.25, 0.3) is 0 Å². The number of hydrogen-bond acceptors (Lipinski definition) is 9. The van der Waals surface area contributed by atoms with E-state index in [-0.39, 0.29) is 5.75 Å². The lowest BCUT2D eigenvalue weighted by molar-refractivity contribution is 0.127. The molecule has 2 heterocycles. The molecule has 0 saturated carbocycles. The lowest BCUT2D eigenvalue weighted by atomic mass is 10.1. The summed E-state index contributed by atoms with van der Waals surface area (Å²) in [6.07, 6.45) is 4.15. The Bertz CT molecular complexity index is 1300. The molecule has 10 heteroatoms. The largest absolute Gasteiger partial charge is 0.502 e. The van der Waals surface area contributed by atoms with Crippen LogP contribution in [-0.4, -0.2) is 92.8 Å². The van der Waals surface area contributed by atoms with Crippen LogP contribution in [0.3, 0.4) is 0 Å². The number of nitrogens with one attached hydrogen (secondary N) is 2. The van der Waals surface area contributed by atoms with Crippen molar-refractivity contribution in [2.24, 2.45) is 0 Å². The minimum absolute atomic E-state index is 0.0124. The van der Waals surface area contributed by atoms with Crippen LogP contribution in [0.1, 0.15) is 36.6 Å². The van der Waals surface area contributed by atoms with Crippen molar-refractivity contribution in [3.8, 4) is 40.0 Å². The summed E-state index contributed by atoms with van der Waals surface area (Å²) >= 11 is 0. The summed E-state index contributed by atoms with van der Waals surface area (Å²) in [6, 6.07) is 9.81. The average molecular weight is 580 g/mol. The first kappa shape index (κ1) is 31.1. The topological polar surface area (TPSA) is 104 Å². The van der Waals surface area contributed by atoms with Gasteiger partial charge in [-0.25, -0.2) is 0 Å². The van der Waals surface area contributed by atoms with Gasteiger partial charge in [-0.05, 0) is 50.1 Å². The Hall–Kier alpha value is -3.89.